The summed E-state index contributed by atoms with van der Waals surface area (Å²) in [6, 6.07) is 9.44. The Labute approximate surface area is 122 Å². The van der Waals surface area contributed by atoms with Gasteiger partial charge in [0, 0.05) is 15.7 Å². The van der Waals surface area contributed by atoms with Crippen molar-refractivity contribution in [3.63, 3.8) is 0 Å². The fraction of sp³-hybridized carbons (Fsp3) is 0.600. The molecular weight excluding hydrogens is 262 g/mol. The number of hydrogen-bond acceptors (Lipinski definition) is 2. The molecule has 0 spiro atoms. The highest BCUT2D eigenvalue weighted by atomic mass is 35.5. The van der Waals surface area contributed by atoms with Gasteiger partial charge in [-0.3, -0.25) is 0 Å². The van der Waals surface area contributed by atoms with E-state index in [0.717, 1.165) is 0 Å². The minimum atomic E-state index is 0. The van der Waals surface area contributed by atoms with Gasteiger partial charge in [-0.05, 0) is 31.0 Å². The van der Waals surface area contributed by atoms with Crippen molar-refractivity contribution >= 4 is 24.2 Å². The second-order valence-corrected chi connectivity index (χ2v) is 7.62. The maximum Gasteiger partial charge on any atom is 0.0331 e. The zero-order valence-electron chi connectivity index (χ0n) is 11.5. The molecule has 3 heteroatoms. The summed E-state index contributed by atoms with van der Waals surface area (Å²) in [5, 5.41) is 3.65. The molecule has 1 N–H and O–H groups in total. The van der Waals surface area contributed by atoms with Crippen molar-refractivity contribution in [2.45, 2.75) is 55.7 Å². The number of benzene rings is 1. The lowest BCUT2D eigenvalue weighted by molar-refractivity contribution is 0.408. The number of thioether (sulfide) groups is 1. The first-order valence-electron chi connectivity index (χ1n) is 6.57. The van der Waals surface area contributed by atoms with Gasteiger partial charge < -0.3 is 5.32 Å². The number of hydrogen-bond donors (Lipinski definition) is 1. The van der Waals surface area contributed by atoms with Crippen LogP contribution in [0.5, 0.6) is 0 Å². The normalized spacial score (nSPS) is 20.3. The molecule has 0 aliphatic carbocycles. The standard InChI is InChI=1S/C15H23NS.ClH/c1-15(2,3)17-14-10-5-4-8-12(14)13-9-6-7-11-16-13;/h4-5,8,10,13,16H,6-7,9,11H2,1-3H3;1H/t13-;/m1./s1. The van der Waals surface area contributed by atoms with E-state index in [9.17, 15) is 0 Å². The molecule has 0 unspecified atom stereocenters. The van der Waals surface area contributed by atoms with Gasteiger partial charge in [0.2, 0.25) is 0 Å². The van der Waals surface area contributed by atoms with Gasteiger partial charge in [0.1, 0.15) is 0 Å². The molecule has 1 aliphatic heterocycles. The van der Waals surface area contributed by atoms with Crippen molar-refractivity contribution in [3.8, 4) is 0 Å². The van der Waals surface area contributed by atoms with Crippen LogP contribution in [0.1, 0.15) is 51.6 Å². The molecule has 2 rings (SSSR count). The van der Waals surface area contributed by atoms with Gasteiger partial charge in [0.25, 0.3) is 0 Å². The molecule has 1 atom stereocenters. The topological polar surface area (TPSA) is 12.0 Å². The second kappa shape index (κ2) is 6.83. The van der Waals surface area contributed by atoms with Gasteiger partial charge in [-0.1, -0.05) is 45.4 Å². The highest BCUT2D eigenvalue weighted by molar-refractivity contribution is 8.00. The zero-order valence-corrected chi connectivity index (χ0v) is 13.2. The summed E-state index contributed by atoms with van der Waals surface area (Å²) in [5.41, 5.74) is 1.49. The van der Waals surface area contributed by atoms with Crippen LogP contribution in [-0.4, -0.2) is 11.3 Å². The molecule has 1 fully saturated rings. The van der Waals surface area contributed by atoms with Crippen LogP contribution < -0.4 is 5.32 Å². The highest BCUT2D eigenvalue weighted by Crippen LogP contribution is 2.37. The van der Waals surface area contributed by atoms with E-state index < -0.39 is 0 Å². The van der Waals surface area contributed by atoms with Crippen molar-refractivity contribution in [2.24, 2.45) is 0 Å². The van der Waals surface area contributed by atoms with Crippen molar-refractivity contribution in [1.82, 2.24) is 5.32 Å². The molecule has 0 saturated carbocycles. The van der Waals surface area contributed by atoms with Crippen molar-refractivity contribution < 1.29 is 0 Å². The molecule has 1 nitrogen and oxygen atoms in total. The Hall–Kier alpha value is -0.180. The minimum absolute atomic E-state index is 0. The van der Waals surface area contributed by atoms with Gasteiger partial charge in [0.15, 0.2) is 0 Å². The predicted molar refractivity (Wildman–Crippen MR) is 83.9 cm³/mol. The summed E-state index contributed by atoms with van der Waals surface area (Å²) in [5.74, 6) is 0. The van der Waals surface area contributed by atoms with Gasteiger partial charge in [-0.2, -0.15) is 0 Å². The number of nitrogens with one attached hydrogen (secondary N) is 1. The molecule has 0 radical (unpaired) electrons. The summed E-state index contributed by atoms with van der Waals surface area (Å²) in [4.78, 5) is 1.44. The monoisotopic (exact) mass is 285 g/mol. The summed E-state index contributed by atoms with van der Waals surface area (Å²) >= 11 is 1.98. The van der Waals surface area contributed by atoms with Crippen molar-refractivity contribution in [3.05, 3.63) is 29.8 Å². The van der Waals surface area contributed by atoms with Crippen LogP contribution in [0, 0.1) is 0 Å². The Balaban J connectivity index is 0.00000162. The maximum atomic E-state index is 3.65. The summed E-state index contributed by atoms with van der Waals surface area (Å²) < 4.78 is 0.283. The van der Waals surface area contributed by atoms with Crippen molar-refractivity contribution in [1.29, 1.82) is 0 Å². The molecule has 1 aliphatic rings. The first-order valence-corrected chi connectivity index (χ1v) is 7.39. The Morgan fingerprint density at radius 3 is 2.50 bits per heavy atom. The van der Waals surface area contributed by atoms with Gasteiger partial charge in [-0.15, -0.1) is 24.2 Å². The molecule has 102 valence electrons. The first-order chi connectivity index (χ1) is 8.06. The number of rotatable bonds is 2. The largest absolute Gasteiger partial charge is 0.310 e. The van der Waals surface area contributed by atoms with Gasteiger partial charge >= 0.3 is 0 Å². The zero-order chi connectivity index (χ0) is 12.3. The van der Waals surface area contributed by atoms with Gasteiger partial charge in [0.05, 0.1) is 0 Å². The minimum Gasteiger partial charge on any atom is -0.310 e. The van der Waals surface area contributed by atoms with Crippen LogP contribution in [0.3, 0.4) is 0 Å². The van der Waals surface area contributed by atoms with Crippen LogP contribution >= 0.6 is 24.2 Å². The van der Waals surface area contributed by atoms with Crippen LogP contribution in [0.25, 0.3) is 0 Å². The Morgan fingerprint density at radius 1 is 1.17 bits per heavy atom. The molecule has 0 bridgehead atoms. The smallest absolute Gasteiger partial charge is 0.0331 e. The van der Waals surface area contributed by atoms with E-state index in [4.69, 9.17) is 0 Å². The SMILES string of the molecule is CC(C)(C)Sc1ccccc1[C@H]1CCCCN1.Cl. The van der Waals surface area contributed by atoms with E-state index >= 15 is 0 Å². The van der Waals surface area contributed by atoms with E-state index in [0.29, 0.717) is 6.04 Å². The van der Waals surface area contributed by atoms with Crippen LogP contribution in [0.2, 0.25) is 0 Å². The van der Waals surface area contributed by atoms with E-state index in [-0.39, 0.29) is 17.2 Å². The van der Waals surface area contributed by atoms with E-state index in [1.807, 2.05) is 11.8 Å². The number of halogens is 1. The third-order valence-corrected chi connectivity index (χ3v) is 4.22. The average Bonchev–Trinajstić information content (AvgIpc) is 2.29. The lowest BCUT2D eigenvalue weighted by Crippen LogP contribution is -2.27. The van der Waals surface area contributed by atoms with Gasteiger partial charge in [-0.25, -0.2) is 0 Å². The van der Waals surface area contributed by atoms with Crippen LogP contribution in [-0.2, 0) is 0 Å². The van der Waals surface area contributed by atoms with E-state index in [1.54, 1.807) is 0 Å². The Morgan fingerprint density at radius 2 is 1.89 bits per heavy atom. The Bertz CT molecular complexity index is 367. The molecule has 1 saturated heterocycles. The maximum absolute atomic E-state index is 3.65. The highest BCUT2D eigenvalue weighted by Gasteiger charge is 2.20. The quantitative estimate of drug-likeness (QED) is 0.782. The summed E-state index contributed by atoms with van der Waals surface area (Å²) in [6.45, 7) is 8.01. The molecular formula is C15H24ClNS. The molecule has 1 aromatic carbocycles. The van der Waals surface area contributed by atoms with Crippen LogP contribution in [0.4, 0.5) is 0 Å². The fourth-order valence-corrected chi connectivity index (χ4v) is 3.44. The third-order valence-electron chi connectivity index (χ3n) is 3.02. The lowest BCUT2D eigenvalue weighted by atomic mass is 9.98. The third kappa shape index (κ3) is 4.49. The first kappa shape index (κ1) is 15.9. The number of piperidine rings is 1. The van der Waals surface area contributed by atoms with Crippen molar-refractivity contribution in [2.75, 3.05) is 6.54 Å². The van der Waals surface area contributed by atoms with E-state index in [2.05, 4.69) is 50.4 Å². The molecule has 1 heterocycles. The van der Waals surface area contributed by atoms with E-state index in [1.165, 1.54) is 36.3 Å². The fourth-order valence-electron chi connectivity index (χ4n) is 2.31. The molecule has 0 amide bonds. The van der Waals surface area contributed by atoms with Crippen LogP contribution in [0.15, 0.2) is 29.2 Å². The predicted octanol–water partition coefficient (Wildman–Crippen LogP) is 4.81. The molecule has 0 aromatic heterocycles. The molecule has 18 heavy (non-hydrogen) atoms. The second-order valence-electron chi connectivity index (χ2n) is 5.75. The Kier molecular flexibility index (Phi) is 6.03. The molecule has 1 aromatic rings. The summed E-state index contributed by atoms with van der Waals surface area (Å²) in [7, 11) is 0. The summed E-state index contributed by atoms with van der Waals surface area (Å²) in [6.07, 6.45) is 3.96. The average molecular weight is 286 g/mol. The lowest BCUT2D eigenvalue weighted by Gasteiger charge is -2.27.